The number of anilines is 1. The summed E-state index contributed by atoms with van der Waals surface area (Å²) in [6.07, 6.45) is 0. The number of fused-ring (bicyclic) bond motifs is 1. The van der Waals surface area contributed by atoms with Gasteiger partial charge in [-0.05, 0) is 72.2 Å². The maximum atomic E-state index is 13.4. The third kappa shape index (κ3) is 4.16. The van der Waals surface area contributed by atoms with E-state index in [-0.39, 0.29) is 18.0 Å². The van der Waals surface area contributed by atoms with Crippen molar-refractivity contribution in [3.05, 3.63) is 91.4 Å². The van der Waals surface area contributed by atoms with Crippen LogP contribution in [-0.2, 0) is 11.3 Å². The monoisotopic (exact) mass is 447 g/mol. The Balaban J connectivity index is 1.74. The largest absolute Gasteiger partial charge is 0.336 e. The van der Waals surface area contributed by atoms with Crippen LogP contribution >= 0.6 is 11.3 Å². The fourth-order valence-corrected chi connectivity index (χ4v) is 4.67. The molecule has 1 amide bonds. The van der Waals surface area contributed by atoms with Crippen LogP contribution in [0.4, 0.5) is 5.69 Å². The van der Waals surface area contributed by atoms with Crippen LogP contribution in [0.5, 0.6) is 0 Å². The molecule has 0 atom stereocenters. The van der Waals surface area contributed by atoms with Crippen molar-refractivity contribution in [3.8, 4) is 5.69 Å². The molecule has 0 aliphatic heterocycles. The lowest BCUT2D eigenvalue weighted by molar-refractivity contribution is -0.116. The first-order valence-corrected chi connectivity index (χ1v) is 11.3. The first kappa shape index (κ1) is 21.8. The molecule has 0 saturated carbocycles. The van der Waals surface area contributed by atoms with Crippen molar-refractivity contribution in [2.75, 3.05) is 5.32 Å². The molecule has 6 nitrogen and oxygen atoms in total. The summed E-state index contributed by atoms with van der Waals surface area (Å²) in [6, 6.07) is 15.0. The minimum atomic E-state index is -0.531. The molecule has 2 aromatic carbocycles. The first-order valence-electron chi connectivity index (χ1n) is 10.5. The molecule has 1 N–H and O–H groups in total. The number of nitrogens with one attached hydrogen (secondary N) is 1. The number of rotatable bonds is 5. The Morgan fingerprint density at radius 2 is 1.66 bits per heavy atom. The summed E-state index contributed by atoms with van der Waals surface area (Å²) in [5.41, 5.74) is 3.82. The van der Waals surface area contributed by atoms with Gasteiger partial charge < -0.3 is 5.32 Å². The van der Waals surface area contributed by atoms with Gasteiger partial charge in [-0.3, -0.25) is 14.2 Å². The van der Waals surface area contributed by atoms with Crippen molar-refractivity contribution in [3.63, 3.8) is 0 Å². The highest BCUT2D eigenvalue weighted by Gasteiger charge is 2.18. The lowest BCUT2D eigenvalue weighted by Gasteiger charge is -2.14. The molecule has 0 saturated heterocycles. The van der Waals surface area contributed by atoms with Gasteiger partial charge in [0.05, 0.1) is 11.2 Å². The number of nitrogens with zero attached hydrogens (tertiary/aromatic N) is 2. The number of hydrogen-bond acceptors (Lipinski definition) is 4. The highest BCUT2D eigenvalue weighted by Crippen LogP contribution is 2.19. The summed E-state index contributed by atoms with van der Waals surface area (Å²) >= 11 is 1.26. The van der Waals surface area contributed by atoms with Crippen molar-refractivity contribution < 1.29 is 4.79 Å². The number of thiophene rings is 1. The van der Waals surface area contributed by atoms with E-state index in [0.717, 1.165) is 15.7 Å². The maximum Gasteiger partial charge on any atom is 0.336 e. The predicted molar refractivity (Wildman–Crippen MR) is 130 cm³/mol. The van der Waals surface area contributed by atoms with E-state index in [4.69, 9.17) is 0 Å². The molecule has 4 aromatic rings. The zero-order valence-electron chi connectivity index (χ0n) is 18.5. The summed E-state index contributed by atoms with van der Waals surface area (Å²) < 4.78 is 2.96. The number of hydrogen-bond donors (Lipinski definition) is 1. The SMILES string of the molecule is Cc1cc(C)cc(-n2c(=O)c3sccc3n(CC(=O)Nc3ccc(C(C)C)cc3)c2=O)c1. The lowest BCUT2D eigenvalue weighted by atomic mass is 10.0. The minimum absolute atomic E-state index is 0.191. The molecule has 0 aliphatic rings. The van der Waals surface area contributed by atoms with E-state index in [0.29, 0.717) is 27.5 Å². The van der Waals surface area contributed by atoms with Gasteiger partial charge in [-0.15, -0.1) is 11.3 Å². The fraction of sp³-hybridized carbons (Fsp3) is 0.240. The lowest BCUT2D eigenvalue weighted by Crippen LogP contribution is -2.40. The van der Waals surface area contributed by atoms with Crippen LogP contribution in [-0.4, -0.2) is 15.0 Å². The van der Waals surface area contributed by atoms with Crippen molar-refractivity contribution in [2.24, 2.45) is 0 Å². The topological polar surface area (TPSA) is 73.1 Å². The Labute approximate surface area is 189 Å². The van der Waals surface area contributed by atoms with Crippen LogP contribution in [0.2, 0.25) is 0 Å². The molecule has 2 heterocycles. The Hall–Kier alpha value is -3.45. The van der Waals surface area contributed by atoms with Crippen LogP contribution in [0.1, 0.15) is 36.5 Å². The van der Waals surface area contributed by atoms with Crippen molar-refractivity contribution in [1.29, 1.82) is 0 Å². The van der Waals surface area contributed by atoms with Crippen molar-refractivity contribution in [2.45, 2.75) is 40.2 Å². The zero-order valence-corrected chi connectivity index (χ0v) is 19.3. The van der Waals surface area contributed by atoms with E-state index >= 15 is 0 Å². The molecular formula is C25H25N3O3S. The smallest absolute Gasteiger partial charge is 0.325 e. The molecule has 0 aliphatic carbocycles. The van der Waals surface area contributed by atoms with E-state index in [1.165, 1.54) is 21.5 Å². The highest BCUT2D eigenvalue weighted by atomic mass is 32.1. The number of carbonyl (C=O) groups excluding carboxylic acids is 1. The van der Waals surface area contributed by atoms with Gasteiger partial charge in [0.25, 0.3) is 5.56 Å². The van der Waals surface area contributed by atoms with Gasteiger partial charge in [-0.1, -0.05) is 32.0 Å². The summed E-state index contributed by atoms with van der Waals surface area (Å²) in [6.45, 7) is 7.86. The van der Waals surface area contributed by atoms with Gasteiger partial charge in [0.15, 0.2) is 0 Å². The normalized spacial score (nSPS) is 11.3. The first-order chi connectivity index (χ1) is 15.2. The number of benzene rings is 2. The second-order valence-corrected chi connectivity index (χ2v) is 9.23. The molecule has 0 bridgehead atoms. The minimum Gasteiger partial charge on any atom is -0.325 e. The van der Waals surface area contributed by atoms with Crippen molar-refractivity contribution in [1.82, 2.24) is 9.13 Å². The third-order valence-electron chi connectivity index (χ3n) is 5.38. The fourth-order valence-electron chi connectivity index (χ4n) is 3.84. The molecule has 4 rings (SSSR count). The van der Waals surface area contributed by atoms with E-state index in [9.17, 15) is 14.4 Å². The molecule has 0 radical (unpaired) electrons. The summed E-state index contributed by atoms with van der Waals surface area (Å²) in [5.74, 6) is 0.0685. The molecule has 32 heavy (non-hydrogen) atoms. The highest BCUT2D eigenvalue weighted by molar-refractivity contribution is 7.17. The zero-order chi connectivity index (χ0) is 23.0. The summed E-state index contributed by atoms with van der Waals surface area (Å²) in [4.78, 5) is 39.3. The molecule has 0 unspecified atom stereocenters. The second kappa shape index (κ2) is 8.59. The van der Waals surface area contributed by atoms with Gasteiger partial charge in [0, 0.05) is 5.69 Å². The molecule has 7 heteroatoms. The molecule has 0 spiro atoms. The number of amides is 1. The van der Waals surface area contributed by atoms with Crippen LogP contribution in [0.15, 0.2) is 63.5 Å². The third-order valence-corrected chi connectivity index (χ3v) is 6.27. The number of aromatic nitrogens is 2. The summed E-state index contributed by atoms with van der Waals surface area (Å²) in [5, 5.41) is 4.61. The average molecular weight is 448 g/mol. The van der Waals surface area contributed by atoms with Gasteiger partial charge in [0.1, 0.15) is 11.2 Å². The quantitative estimate of drug-likeness (QED) is 0.486. The van der Waals surface area contributed by atoms with Crippen molar-refractivity contribution >= 4 is 33.1 Å². The molecular weight excluding hydrogens is 422 g/mol. The maximum absolute atomic E-state index is 13.4. The Morgan fingerprint density at radius 1 is 1.00 bits per heavy atom. The Bertz CT molecular complexity index is 1410. The van der Waals surface area contributed by atoms with Gasteiger partial charge >= 0.3 is 5.69 Å². The second-order valence-electron chi connectivity index (χ2n) is 8.32. The number of aryl methyl sites for hydroxylation is 2. The number of carbonyl (C=O) groups is 1. The van der Waals surface area contributed by atoms with Crippen LogP contribution in [0.3, 0.4) is 0 Å². The predicted octanol–water partition coefficient (Wildman–Crippen LogP) is 4.59. The van der Waals surface area contributed by atoms with E-state index in [2.05, 4.69) is 19.2 Å². The Kier molecular flexibility index (Phi) is 5.84. The van der Waals surface area contributed by atoms with Crippen LogP contribution < -0.4 is 16.6 Å². The van der Waals surface area contributed by atoms with E-state index < -0.39 is 5.69 Å². The average Bonchev–Trinajstić information content (AvgIpc) is 3.21. The standard InChI is InChI=1S/C25H25N3O3S/c1-15(2)18-5-7-19(8-6-18)26-22(29)14-27-21-9-10-32-23(21)24(30)28(25(27)31)20-12-16(3)11-17(4)13-20/h5-13,15H,14H2,1-4H3,(H,26,29). The van der Waals surface area contributed by atoms with Gasteiger partial charge in [-0.2, -0.15) is 0 Å². The van der Waals surface area contributed by atoms with Gasteiger partial charge in [0.2, 0.25) is 5.91 Å². The Morgan fingerprint density at radius 3 is 2.28 bits per heavy atom. The molecule has 0 fully saturated rings. The van der Waals surface area contributed by atoms with E-state index in [1.807, 2.05) is 44.2 Å². The molecule has 164 valence electrons. The van der Waals surface area contributed by atoms with Gasteiger partial charge in [-0.25, -0.2) is 9.36 Å². The molecule has 2 aromatic heterocycles. The van der Waals surface area contributed by atoms with Crippen LogP contribution in [0, 0.1) is 13.8 Å². The van der Waals surface area contributed by atoms with E-state index in [1.54, 1.807) is 23.6 Å². The summed E-state index contributed by atoms with van der Waals surface area (Å²) in [7, 11) is 0. The van der Waals surface area contributed by atoms with Crippen LogP contribution in [0.25, 0.3) is 15.9 Å².